The number of hydrogen-bond acceptors (Lipinski definition) is 17. The molecule has 1 saturated heterocycles. The summed E-state index contributed by atoms with van der Waals surface area (Å²) in [6.07, 6.45) is -9.56. The van der Waals surface area contributed by atoms with Gasteiger partial charge in [0, 0.05) is 0 Å². The Balaban J connectivity index is -0.000000911. The van der Waals surface area contributed by atoms with E-state index in [-0.39, 0.29) is 118 Å². The van der Waals surface area contributed by atoms with Crippen molar-refractivity contribution in [3.05, 3.63) is 0 Å². The van der Waals surface area contributed by atoms with Gasteiger partial charge in [-0.3, -0.25) is 16.7 Å². The van der Waals surface area contributed by atoms with Gasteiger partial charge >= 0.3 is 118 Å². The fourth-order valence-electron chi connectivity index (χ4n) is 1.86. The van der Waals surface area contributed by atoms with Crippen molar-refractivity contribution in [2.75, 3.05) is 13.2 Å². The van der Waals surface area contributed by atoms with E-state index in [9.17, 15) is 51.9 Å². The average Bonchev–Trinajstić information content (AvgIpc) is 2.36. The van der Waals surface area contributed by atoms with E-state index in [1.54, 1.807) is 0 Å². The van der Waals surface area contributed by atoms with Crippen molar-refractivity contribution >= 4 is 41.6 Å². The van der Waals surface area contributed by atoms with E-state index in [2.05, 4.69) is 21.5 Å². The molecule has 0 aliphatic carbocycles. The summed E-state index contributed by atoms with van der Waals surface area (Å²) in [6.45, 7) is -2.49. The fraction of sp³-hybridized carbons (Fsp3) is 1.00. The van der Waals surface area contributed by atoms with Crippen LogP contribution in [0.1, 0.15) is 0 Å². The molecular weight excluding hydrogens is 564 g/mol. The van der Waals surface area contributed by atoms with Gasteiger partial charge < -0.3 is 22.9 Å². The second kappa shape index (κ2) is 16.3. The first-order valence-electron chi connectivity index (χ1n) is 6.00. The fourth-order valence-corrected chi connectivity index (χ4v) is 3.64. The van der Waals surface area contributed by atoms with Crippen LogP contribution in [0.4, 0.5) is 0 Å². The number of ether oxygens (including phenoxy) is 1. The molecule has 31 heavy (non-hydrogen) atoms. The van der Waals surface area contributed by atoms with Crippen LogP contribution < -0.4 is 118 Å². The van der Waals surface area contributed by atoms with E-state index >= 15 is 0 Å². The molecule has 0 aromatic carbocycles. The summed E-state index contributed by atoms with van der Waals surface area (Å²) < 4.78 is 148. The van der Waals surface area contributed by atoms with Gasteiger partial charge in [-0.05, 0) is 0 Å². The standard InChI is InChI=1S/C6H12O17S4.4Na/c7-24(8,9)20-2-3-5(22-26(13,14)15)6(23-27(16,17)18)4(1-19-3)21-25(10,11)12;;;;/h3-6H,1-2H2,(H,7,8,9)(H,10,11,12)(H,13,14,15)(H,16,17,18);;;;/q;4*+1/p-4/t3-,4?,5?,6?;;;;/m0..../s1. The molecule has 0 aromatic heterocycles. The Hall–Kier alpha value is 3.44. The van der Waals surface area contributed by atoms with E-state index in [1.165, 1.54) is 0 Å². The van der Waals surface area contributed by atoms with Crippen LogP contribution >= 0.6 is 0 Å². The van der Waals surface area contributed by atoms with E-state index in [0.29, 0.717) is 0 Å². The molecule has 0 radical (unpaired) electrons. The van der Waals surface area contributed by atoms with Gasteiger partial charge in [0.25, 0.3) is 0 Å². The molecule has 0 spiro atoms. The van der Waals surface area contributed by atoms with Crippen LogP contribution in [0.3, 0.4) is 0 Å². The molecular formula is C6H8Na4O17S4. The van der Waals surface area contributed by atoms with Crippen LogP contribution in [0, 0.1) is 0 Å². The molecule has 0 saturated carbocycles. The monoisotopic (exact) mass is 572 g/mol. The minimum absolute atomic E-state index is 0. The van der Waals surface area contributed by atoms with E-state index in [4.69, 9.17) is 0 Å². The molecule has 0 N–H and O–H groups in total. The van der Waals surface area contributed by atoms with Crippen molar-refractivity contribution in [3.8, 4) is 0 Å². The van der Waals surface area contributed by atoms with Gasteiger partial charge in [-0.1, -0.05) is 0 Å². The second-order valence-corrected chi connectivity index (χ2v) is 8.62. The smallest absolute Gasteiger partial charge is 0.726 e. The zero-order chi connectivity index (χ0) is 21.3. The Morgan fingerprint density at radius 1 is 0.645 bits per heavy atom. The molecule has 4 atom stereocenters. The van der Waals surface area contributed by atoms with E-state index in [0.717, 1.165) is 0 Å². The summed E-state index contributed by atoms with van der Waals surface area (Å²) in [7, 11) is -22.5. The Kier molecular flexibility index (Phi) is 21.9. The predicted molar refractivity (Wildman–Crippen MR) is 69.1 cm³/mol. The zero-order valence-corrected chi connectivity index (χ0v) is 27.6. The molecule has 17 nitrogen and oxygen atoms in total. The molecule has 1 aliphatic heterocycles. The second-order valence-electron chi connectivity index (χ2n) is 4.55. The van der Waals surface area contributed by atoms with Crippen molar-refractivity contribution in [2.24, 2.45) is 0 Å². The molecule has 25 heteroatoms. The predicted octanol–water partition coefficient (Wildman–Crippen LogP) is -16.6. The quantitative estimate of drug-likeness (QED) is 0.141. The Labute approximate surface area is 266 Å². The average molecular weight is 572 g/mol. The topological polar surface area (TPSA) is 275 Å². The third-order valence-corrected chi connectivity index (χ3v) is 4.43. The third-order valence-electron chi connectivity index (χ3n) is 2.61. The first kappa shape index (κ1) is 41.6. The first-order valence-corrected chi connectivity index (χ1v) is 11.3. The van der Waals surface area contributed by atoms with Gasteiger partial charge in [0.15, 0.2) is 0 Å². The Morgan fingerprint density at radius 2 is 1.03 bits per heavy atom. The Morgan fingerprint density at radius 3 is 1.39 bits per heavy atom. The summed E-state index contributed by atoms with van der Waals surface area (Å²) in [6, 6.07) is 0. The normalized spacial score (nSPS) is 24.5. The molecule has 0 amide bonds. The largest absolute Gasteiger partial charge is 1.00 e. The maximum absolute atomic E-state index is 10.8. The summed E-state index contributed by atoms with van der Waals surface area (Å²) in [5.74, 6) is 0. The Bertz CT molecular complexity index is 945. The minimum atomic E-state index is -5.75. The van der Waals surface area contributed by atoms with Crippen molar-refractivity contribution in [3.63, 3.8) is 0 Å². The molecule has 1 aliphatic rings. The van der Waals surface area contributed by atoms with Gasteiger partial charge in [-0.15, -0.1) is 0 Å². The van der Waals surface area contributed by atoms with Crippen LogP contribution in [-0.4, -0.2) is 89.5 Å². The van der Waals surface area contributed by atoms with Gasteiger partial charge in [0.2, 0.25) is 41.6 Å². The van der Waals surface area contributed by atoms with Gasteiger partial charge in [-0.25, -0.2) is 33.7 Å². The van der Waals surface area contributed by atoms with Crippen molar-refractivity contribution in [1.82, 2.24) is 0 Å². The summed E-state index contributed by atoms with van der Waals surface area (Å²) in [5, 5.41) is 0. The van der Waals surface area contributed by atoms with Crippen molar-refractivity contribution < 1.29 is 192 Å². The maximum Gasteiger partial charge on any atom is 1.00 e. The summed E-state index contributed by atoms with van der Waals surface area (Å²) in [5.41, 5.74) is 0. The number of rotatable bonds is 9. The minimum Gasteiger partial charge on any atom is -0.726 e. The van der Waals surface area contributed by atoms with Crippen LogP contribution in [0.5, 0.6) is 0 Å². The molecule has 1 rings (SSSR count). The number of hydrogen-bond donors (Lipinski definition) is 0. The van der Waals surface area contributed by atoms with Crippen LogP contribution in [-0.2, 0) is 63.1 Å². The van der Waals surface area contributed by atoms with Crippen LogP contribution in [0.15, 0.2) is 0 Å². The van der Waals surface area contributed by atoms with Gasteiger partial charge in [0.1, 0.15) is 24.4 Å². The maximum atomic E-state index is 10.8. The summed E-state index contributed by atoms with van der Waals surface area (Å²) >= 11 is 0. The zero-order valence-electron chi connectivity index (χ0n) is 16.3. The van der Waals surface area contributed by atoms with Crippen molar-refractivity contribution in [2.45, 2.75) is 24.4 Å². The molecule has 0 aromatic rings. The first-order chi connectivity index (χ1) is 11.9. The third kappa shape index (κ3) is 19.2. The molecule has 162 valence electrons. The van der Waals surface area contributed by atoms with Gasteiger partial charge in [0.05, 0.1) is 13.2 Å². The van der Waals surface area contributed by atoms with Crippen LogP contribution in [0.25, 0.3) is 0 Å². The molecule has 0 bridgehead atoms. The van der Waals surface area contributed by atoms with Crippen LogP contribution in [0.2, 0.25) is 0 Å². The van der Waals surface area contributed by atoms with E-state index < -0.39 is 79.2 Å². The summed E-state index contributed by atoms with van der Waals surface area (Å²) in [4.78, 5) is 0. The molecule has 1 heterocycles. The SMILES string of the molecule is O=S(=O)([O-])OC[C@@H]1OCC(OS(=O)(=O)[O-])C(OS(=O)(=O)[O-])C1OS(=O)(=O)[O-].[Na+].[Na+].[Na+].[Na+]. The van der Waals surface area contributed by atoms with Crippen molar-refractivity contribution in [1.29, 1.82) is 0 Å². The van der Waals surface area contributed by atoms with E-state index in [1.807, 2.05) is 0 Å². The van der Waals surface area contributed by atoms with Gasteiger partial charge in [-0.2, -0.15) is 0 Å². The molecule has 3 unspecified atom stereocenters. The molecule has 1 fully saturated rings.